The minimum atomic E-state index is -0.566. The van der Waals surface area contributed by atoms with Crippen LogP contribution < -0.4 is 25.5 Å². The van der Waals surface area contributed by atoms with Crippen molar-refractivity contribution in [2.45, 2.75) is 0 Å². The first-order chi connectivity index (χ1) is 13.0. The second kappa shape index (κ2) is 8.61. The van der Waals surface area contributed by atoms with E-state index in [0.29, 0.717) is 27.2 Å². The van der Waals surface area contributed by atoms with Gasteiger partial charge in [-0.2, -0.15) is 5.10 Å². The van der Waals surface area contributed by atoms with E-state index in [-0.39, 0.29) is 13.3 Å². The van der Waals surface area contributed by atoms with Crippen molar-refractivity contribution in [3.8, 4) is 11.5 Å². The molecule has 0 fully saturated rings. The van der Waals surface area contributed by atoms with Gasteiger partial charge < -0.3 is 20.1 Å². The highest BCUT2D eigenvalue weighted by atomic mass is 35.5. The normalized spacial score (nSPS) is 12.1. The van der Waals surface area contributed by atoms with E-state index < -0.39 is 11.9 Å². The Bertz CT molecular complexity index is 904. The zero-order valence-corrected chi connectivity index (χ0v) is 15.3. The van der Waals surface area contributed by atoms with E-state index >= 15 is 0 Å². The molecule has 3 N–H and O–H groups in total. The summed E-state index contributed by atoms with van der Waals surface area (Å²) >= 11 is 11.7. The molecule has 0 radical (unpaired) electrons. The molecule has 3 rings (SSSR count). The van der Waals surface area contributed by atoms with E-state index in [4.69, 9.17) is 32.7 Å². The lowest BCUT2D eigenvalue weighted by molar-refractivity contribution is -0.120. The van der Waals surface area contributed by atoms with Crippen LogP contribution in [0.25, 0.3) is 0 Å². The average Bonchev–Trinajstić information content (AvgIpc) is 3.11. The molecule has 2 aromatic rings. The summed E-state index contributed by atoms with van der Waals surface area (Å²) in [6.07, 6.45) is 1.45. The molecule has 1 heterocycles. The van der Waals surface area contributed by atoms with Gasteiger partial charge in [-0.15, -0.1) is 0 Å². The number of hydrogen-bond acceptors (Lipinski definition) is 5. The van der Waals surface area contributed by atoms with E-state index in [2.05, 4.69) is 21.2 Å². The van der Waals surface area contributed by atoms with Crippen molar-refractivity contribution in [3.05, 3.63) is 52.0 Å². The van der Waals surface area contributed by atoms with Crippen molar-refractivity contribution in [1.82, 2.24) is 10.7 Å². The Morgan fingerprint density at radius 2 is 1.89 bits per heavy atom. The van der Waals surface area contributed by atoms with Gasteiger partial charge in [0.15, 0.2) is 11.5 Å². The van der Waals surface area contributed by atoms with Gasteiger partial charge in [0.1, 0.15) is 6.54 Å². The molecule has 0 saturated heterocycles. The molecule has 0 unspecified atom stereocenters. The van der Waals surface area contributed by atoms with Crippen LogP contribution in [0.15, 0.2) is 41.5 Å². The van der Waals surface area contributed by atoms with Gasteiger partial charge in [0, 0.05) is 5.69 Å². The first kappa shape index (κ1) is 18.8. The fourth-order valence-electron chi connectivity index (χ4n) is 2.12. The van der Waals surface area contributed by atoms with Crippen LogP contribution in [0.3, 0.4) is 0 Å². The number of urea groups is 1. The van der Waals surface area contributed by atoms with Crippen LogP contribution >= 0.6 is 23.2 Å². The number of amides is 3. The molecule has 2 aromatic carbocycles. The minimum Gasteiger partial charge on any atom is -0.454 e. The minimum absolute atomic E-state index is 0.183. The van der Waals surface area contributed by atoms with Gasteiger partial charge in [-0.05, 0) is 42.0 Å². The summed E-state index contributed by atoms with van der Waals surface area (Å²) in [7, 11) is 0. The maximum absolute atomic E-state index is 11.8. The van der Waals surface area contributed by atoms with Crippen LogP contribution in [0, 0.1) is 0 Å². The molecule has 0 aromatic heterocycles. The van der Waals surface area contributed by atoms with Crippen molar-refractivity contribution in [2.75, 3.05) is 18.7 Å². The Balaban J connectivity index is 1.42. The second-order valence-corrected chi connectivity index (χ2v) is 6.16. The van der Waals surface area contributed by atoms with Gasteiger partial charge in [0.25, 0.3) is 5.91 Å². The van der Waals surface area contributed by atoms with E-state index in [1.807, 2.05) is 0 Å². The first-order valence-electron chi connectivity index (χ1n) is 7.73. The highest BCUT2D eigenvalue weighted by Gasteiger charge is 2.12. The molecule has 0 saturated carbocycles. The fourth-order valence-corrected chi connectivity index (χ4v) is 2.42. The molecule has 1 aliphatic heterocycles. The number of nitrogens with one attached hydrogen (secondary N) is 3. The highest BCUT2D eigenvalue weighted by Crippen LogP contribution is 2.31. The topological polar surface area (TPSA) is 101 Å². The fraction of sp³-hybridized carbons (Fsp3) is 0.118. The predicted molar refractivity (Wildman–Crippen MR) is 102 cm³/mol. The number of benzene rings is 2. The van der Waals surface area contributed by atoms with Crippen LogP contribution in [0.1, 0.15) is 5.56 Å². The second-order valence-electron chi connectivity index (χ2n) is 5.34. The van der Waals surface area contributed by atoms with E-state index in [0.717, 1.165) is 5.56 Å². The molecule has 27 heavy (non-hydrogen) atoms. The smallest absolute Gasteiger partial charge is 0.319 e. The third-order valence-corrected chi connectivity index (χ3v) is 4.13. The Kier molecular flexibility index (Phi) is 6.00. The molecule has 0 bridgehead atoms. The number of hydrogen-bond donors (Lipinski definition) is 3. The Labute approximate surface area is 164 Å². The third kappa shape index (κ3) is 5.25. The van der Waals surface area contributed by atoms with Crippen LogP contribution in [0.5, 0.6) is 11.5 Å². The summed E-state index contributed by atoms with van der Waals surface area (Å²) < 4.78 is 10.5. The van der Waals surface area contributed by atoms with Crippen molar-refractivity contribution < 1.29 is 19.1 Å². The number of hydrazone groups is 1. The number of fused-ring (bicyclic) bond motifs is 1. The number of halogens is 2. The molecular weight excluding hydrogens is 395 g/mol. The zero-order chi connectivity index (χ0) is 19.2. The lowest BCUT2D eigenvalue weighted by Gasteiger charge is -2.07. The Morgan fingerprint density at radius 3 is 2.70 bits per heavy atom. The van der Waals surface area contributed by atoms with Gasteiger partial charge in [0.05, 0.1) is 16.3 Å². The van der Waals surface area contributed by atoms with Crippen LogP contribution in [0.2, 0.25) is 10.0 Å². The van der Waals surface area contributed by atoms with Gasteiger partial charge in [0.2, 0.25) is 6.79 Å². The van der Waals surface area contributed by atoms with E-state index in [1.165, 1.54) is 12.3 Å². The number of carbonyl (C=O) groups excluding carboxylic acids is 2. The van der Waals surface area contributed by atoms with Gasteiger partial charge >= 0.3 is 6.03 Å². The predicted octanol–water partition coefficient (Wildman–Crippen LogP) is 2.99. The summed E-state index contributed by atoms with van der Waals surface area (Å²) in [5.41, 5.74) is 3.49. The van der Waals surface area contributed by atoms with Crippen LogP contribution in [-0.4, -0.2) is 31.5 Å². The standard InChI is InChI=1S/C17H14Cl2N4O4/c18-12-3-2-11(6-13(12)19)22-17(25)20-8-16(24)23-21-7-10-1-4-14-15(5-10)27-9-26-14/h1-7H,8-9H2,(H,23,24)(H2,20,22,25)/b21-7-. The summed E-state index contributed by atoms with van der Waals surface area (Å²) in [6, 6.07) is 9.33. The number of nitrogens with zero attached hydrogens (tertiary/aromatic N) is 1. The van der Waals surface area contributed by atoms with Crippen LogP contribution in [-0.2, 0) is 4.79 Å². The molecule has 8 nitrogen and oxygen atoms in total. The number of carbonyl (C=O) groups is 2. The van der Waals surface area contributed by atoms with Crippen LogP contribution in [0.4, 0.5) is 10.5 Å². The monoisotopic (exact) mass is 408 g/mol. The first-order valence-corrected chi connectivity index (χ1v) is 8.48. The number of ether oxygens (including phenoxy) is 2. The zero-order valence-electron chi connectivity index (χ0n) is 13.8. The molecule has 3 amide bonds. The highest BCUT2D eigenvalue weighted by molar-refractivity contribution is 6.42. The molecular formula is C17H14Cl2N4O4. The SMILES string of the molecule is O=C(CNC(=O)Nc1ccc(Cl)c(Cl)c1)N/N=C\c1ccc2c(c1)OCO2. The largest absolute Gasteiger partial charge is 0.454 e. The molecule has 1 aliphatic rings. The molecule has 10 heteroatoms. The van der Waals surface area contributed by atoms with Crippen molar-refractivity contribution in [2.24, 2.45) is 5.10 Å². The Hall–Kier alpha value is -2.97. The summed E-state index contributed by atoms with van der Waals surface area (Å²) in [4.78, 5) is 23.5. The summed E-state index contributed by atoms with van der Waals surface area (Å²) in [6.45, 7) is -0.0751. The quantitative estimate of drug-likeness (QED) is 0.522. The van der Waals surface area contributed by atoms with E-state index in [1.54, 1.807) is 30.3 Å². The lowest BCUT2D eigenvalue weighted by Crippen LogP contribution is -2.37. The summed E-state index contributed by atoms with van der Waals surface area (Å²) in [5.74, 6) is 0.788. The van der Waals surface area contributed by atoms with Crippen molar-refractivity contribution in [3.63, 3.8) is 0 Å². The molecule has 0 spiro atoms. The van der Waals surface area contributed by atoms with Gasteiger partial charge in [-0.3, -0.25) is 4.79 Å². The lowest BCUT2D eigenvalue weighted by atomic mass is 10.2. The maximum Gasteiger partial charge on any atom is 0.319 e. The number of anilines is 1. The summed E-state index contributed by atoms with van der Waals surface area (Å²) in [5, 5.41) is 9.45. The Morgan fingerprint density at radius 1 is 1.07 bits per heavy atom. The van der Waals surface area contributed by atoms with E-state index in [9.17, 15) is 9.59 Å². The van der Waals surface area contributed by atoms with Crippen molar-refractivity contribution >= 4 is 47.0 Å². The maximum atomic E-state index is 11.8. The average molecular weight is 409 g/mol. The molecule has 140 valence electrons. The van der Waals surface area contributed by atoms with Crippen molar-refractivity contribution in [1.29, 1.82) is 0 Å². The third-order valence-electron chi connectivity index (χ3n) is 3.39. The van der Waals surface area contributed by atoms with Gasteiger partial charge in [-0.25, -0.2) is 10.2 Å². The van der Waals surface area contributed by atoms with Gasteiger partial charge in [-0.1, -0.05) is 23.2 Å². The molecule has 0 atom stereocenters. The number of rotatable bonds is 5. The molecule has 0 aliphatic carbocycles.